The number of nitrogens with one attached hydrogen (secondary N) is 1. The van der Waals surface area contributed by atoms with Crippen molar-refractivity contribution in [2.75, 3.05) is 13.1 Å². The number of carbonyl (C=O) groups excluding carboxylic acids is 2. The normalized spacial score (nSPS) is 22.2. The predicted octanol–water partition coefficient (Wildman–Crippen LogP) is 0.875. The molecule has 2 aromatic heterocycles. The van der Waals surface area contributed by atoms with Gasteiger partial charge in [0.15, 0.2) is 0 Å². The maximum Gasteiger partial charge on any atom is 0.248 e. The summed E-state index contributed by atoms with van der Waals surface area (Å²) >= 11 is 3.23. The van der Waals surface area contributed by atoms with E-state index in [1.54, 1.807) is 10.9 Å². The molecule has 2 fully saturated rings. The molecule has 0 unspecified atom stereocenters. The zero-order chi connectivity index (χ0) is 23.0. The van der Waals surface area contributed by atoms with Gasteiger partial charge in [0.05, 0.1) is 24.5 Å². The molecule has 1 aliphatic carbocycles. The lowest BCUT2D eigenvalue weighted by Gasteiger charge is -2.34. The lowest BCUT2D eigenvalue weighted by atomic mass is 9.85. The second-order valence-electron chi connectivity index (χ2n) is 9.62. The smallest absolute Gasteiger partial charge is 0.248 e. The molecule has 0 aromatic carbocycles. The third-order valence-electron chi connectivity index (χ3n) is 5.83. The predicted molar refractivity (Wildman–Crippen MR) is 117 cm³/mol. The molecule has 11 nitrogen and oxygen atoms in total. The van der Waals surface area contributed by atoms with Crippen LogP contribution < -0.4 is 5.32 Å². The van der Waals surface area contributed by atoms with Gasteiger partial charge in [-0.15, -0.1) is 10.2 Å². The van der Waals surface area contributed by atoms with Crippen LogP contribution in [0.2, 0.25) is 0 Å². The molecule has 3 atom stereocenters. The first kappa shape index (κ1) is 22.8. The first-order valence-corrected chi connectivity index (χ1v) is 11.7. The minimum atomic E-state index is -0.753. The number of carbonyl (C=O) groups is 2. The van der Waals surface area contributed by atoms with E-state index >= 15 is 0 Å². The molecule has 1 saturated heterocycles. The molecule has 4 rings (SSSR count). The molecule has 2 aliphatic rings. The average Bonchev–Trinajstić information content (AvgIpc) is 3.10. The van der Waals surface area contributed by atoms with Gasteiger partial charge in [-0.05, 0) is 34.2 Å². The number of aliphatic hydroxyl groups is 1. The number of β-amino-alcohol motifs (C(OH)–C–C–N with tert-alkyl or cyclic N) is 1. The third kappa shape index (κ3) is 5.01. The quantitative estimate of drug-likeness (QED) is 0.567. The zero-order valence-electron chi connectivity index (χ0n) is 18.5. The molecule has 174 valence electrons. The number of hydrogen-bond acceptors (Lipinski definition) is 7. The van der Waals surface area contributed by atoms with E-state index in [9.17, 15) is 14.7 Å². The Kier molecular flexibility index (Phi) is 6.35. The highest BCUT2D eigenvalue weighted by Crippen LogP contribution is 2.40. The van der Waals surface area contributed by atoms with Gasteiger partial charge in [-0.1, -0.05) is 26.0 Å². The van der Waals surface area contributed by atoms with Crippen LogP contribution in [-0.2, 0) is 16.1 Å². The fraction of sp³-hybridized carbons (Fsp3) is 0.700. The number of likely N-dealkylation sites (tertiary alicyclic amines) is 1. The maximum atomic E-state index is 13.7. The van der Waals surface area contributed by atoms with Crippen molar-refractivity contribution in [3.8, 4) is 0 Å². The average molecular weight is 509 g/mol. The molecule has 0 spiro atoms. The van der Waals surface area contributed by atoms with Crippen LogP contribution in [-0.4, -0.2) is 77.0 Å². The summed E-state index contributed by atoms with van der Waals surface area (Å²) in [6, 6.07) is -1.38. The van der Waals surface area contributed by atoms with Crippen molar-refractivity contribution in [1.29, 1.82) is 0 Å². The Morgan fingerprint density at radius 2 is 2.09 bits per heavy atom. The number of hydrogen-bond donors (Lipinski definition) is 2. The lowest BCUT2D eigenvalue weighted by molar-refractivity contribution is -0.144. The van der Waals surface area contributed by atoms with Crippen LogP contribution in [0.25, 0.3) is 0 Å². The molecule has 3 heterocycles. The summed E-state index contributed by atoms with van der Waals surface area (Å²) in [7, 11) is 0. The monoisotopic (exact) mass is 508 g/mol. The Morgan fingerprint density at radius 3 is 2.72 bits per heavy atom. The van der Waals surface area contributed by atoms with Gasteiger partial charge in [0, 0.05) is 31.6 Å². The summed E-state index contributed by atoms with van der Waals surface area (Å²) < 4.78 is 2.24. The Labute approximate surface area is 194 Å². The van der Waals surface area contributed by atoms with Crippen LogP contribution in [0.5, 0.6) is 0 Å². The molecule has 2 aromatic rings. The Bertz CT molecular complexity index is 980. The highest BCUT2D eigenvalue weighted by molar-refractivity contribution is 9.10. The van der Waals surface area contributed by atoms with E-state index in [0.29, 0.717) is 23.6 Å². The number of amides is 2. The van der Waals surface area contributed by atoms with Gasteiger partial charge in [0.1, 0.15) is 16.7 Å². The zero-order valence-corrected chi connectivity index (χ0v) is 20.1. The Hall–Kier alpha value is -2.34. The van der Waals surface area contributed by atoms with Crippen molar-refractivity contribution in [3.63, 3.8) is 0 Å². The van der Waals surface area contributed by atoms with Crippen molar-refractivity contribution >= 4 is 27.7 Å². The van der Waals surface area contributed by atoms with Gasteiger partial charge in [-0.25, -0.2) is 4.68 Å². The number of rotatable bonds is 7. The SMILES string of the molecule is CC(C)(C)[C@@H](C(=O)N1C[C@H](O)C[C@H]1C(=O)NCCn1ncc(Br)n1)n1cc(C2CC2)nn1. The number of nitrogens with zero attached hydrogens (tertiary/aromatic N) is 7. The minimum absolute atomic E-state index is 0.112. The summed E-state index contributed by atoms with van der Waals surface area (Å²) in [6.07, 6.45) is 5.06. The maximum absolute atomic E-state index is 13.7. The van der Waals surface area contributed by atoms with Crippen molar-refractivity contribution < 1.29 is 14.7 Å². The van der Waals surface area contributed by atoms with Gasteiger partial charge >= 0.3 is 0 Å². The molecule has 12 heteroatoms. The van der Waals surface area contributed by atoms with Gasteiger partial charge in [-0.2, -0.15) is 9.90 Å². The van der Waals surface area contributed by atoms with E-state index in [1.165, 1.54) is 9.70 Å². The molecule has 2 N–H and O–H groups in total. The third-order valence-corrected chi connectivity index (χ3v) is 6.19. The molecule has 2 amide bonds. The summed E-state index contributed by atoms with van der Waals surface area (Å²) in [6.45, 7) is 6.71. The fourth-order valence-corrected chi connectivity index (χ4v) is 4.38. The molecule has 0 radical (unpaired) electrons. The van der Waals surface area contributed by atoms with E-state index < -0.39 is 23.6 Å². The van der Waals surface area contributed by atoms with Crippen molar-refractivity contribution in [1.82, 2.24) is 40.2 Å². The van der Waals surface area contributed by atoms with Gasteiger partial charge < -0.3 is 15.3 Å². The Balaban J connectivity index is 1.46. The van der Waals surface area contributed by atoms with E-state index in [-0.39, 0.29) is 24.8 Å². The van der Waals surface area contributed by atoms with Crippen LogP contribution in [0.1, 0.15) is 57.7 Å². The summed E-state index contributed by atoms with van der Waals surface area (Å²) in [4.78, 5) is 29.5. The van der Waals surface area contributed by atoms with E-state index in [2.05, 4.69) is 41.8 Å². The van der Waals surface area contributed by atoms with Gasteiger partial charge in [-0.3, -0.25) is 9.59 Å². The van der Waals surface area contributed by atoms with Crippen LogP contribution in [0.4, 0.5) is 0 Å². The number of halogens is 1. The second-order valence-corrected chi connectivity index (χ2v) is 10.4. The highest BCUT2D eigenvalue weighted by atomic mass is 79.9. The minimum Gasteiger partial charge on any atom is -0.391 e. The van der Waals surface area contributed by atoms with Crippen molar-refractivity contribution in [2.45, 2.75) is 70.7 Å². The van der Waals surface area contributed by atoms with Crippen LogP contribution >= 0.6 is 15.9 Å². The second kappa shape index (κ2) is 8.89. The largest absolute Gasteiger partial charge is 0.391 e. The van der Waals surface area contributed by atoms with Crippen LogP contribution in [0.15, 0.2) is 17.0 Å². The summed E-state index contributed by atoms with van der Waals surface area (Å²) in [5, 5.41) is 29.8. The Morgan fingerprint density at radius 1 is 1.34 bits per heavy atom. The number of aliphatic hydroxyl groups excluding tert-OH is 1. The lowest BCUT2D eigenvalue weighted by Crippen LogP contribution is -2.50. The molecule has 0 bridgehead atoms. The van der Waals surface area contributed by atoms with Crippen LogP contribution in [0, 0.1) is 5.41 Å². The highest BCUT2D eigenvalue weighted by Gasteiger charge is 2.45. The van der Waals surface area contributed by atoms with E-state index in [4.69, 9.17) is 0 Å². The summed E-state index contributed by atoms with van der Waals surface area (Å²) in [5.74, 6) is -0.110. The molecule has 1 saturated carbocycles. The van der Waals surface area contributed by atoms with Gasteiger partial charge in [0.25, 0.3) is 0 Å². The number of aromatic nitrogens is 6. The molecular weight excluding hydrogens is 480 g/mol. The molecule has 1 aliphatic heterocycles. The summed E-state index contributed by atoms with van der Waals surface area (Å²) in [5.41, 5.74) is 0.445. The molecular formula is C20H29BrN8O3. The van der Waals surface area contributed by atoms with Crippen molar-refractivity contribution in [2.24, 2.45) is 5.41 Å². The van der Waals surface area contributed by atoms with E-state index in [1.807, 2.05) is 27.0 Å². The first-order chi connectivity index (χ1) is 15.1. The fourth-order valence-electron chi connectivity index (χ4n) is 4.11. The standard InChI is InChI=1S/C20H29BrN8O3/c1-20(2,3)17(28-11-14(24-26-28)12-4-5-12)19(32)27-10-13(30)8-15(27)18(31)22-6-7-29-23-9-16(21)25-29/h9,11-13,15,17,30H,4-8,10H2,1-3H3,(H,22,31)/t13-,15+,17-/m1/s1. The molecule has 32 heavy (non-hydrogen) atoms. The van der Waals surface area contributed by atoms with Gasteiger partial charge in [0.2, 0.25) is 11.8 Å². The van der Waals surface area contributed by atoms with E-state index in [0.717, 1.165) is 18.5 Å². The first-order valence-electron chi connectivity index (χ1n) is 10.9. The van der Waals surface area contributed by atoms with Crippen molar-refractivity contribution in [3.05, 3.63) is 22.7 Å². The van der Waals surface area contributed by atoms with Crippen LogP contribution in [0.3, 0.4) is 0 Å². The topological polar surface area (TPSA) is 131 Å².